The second-order valence-electron chi connectivity index (χ2n) is 8.35. The van der Waals surface area contributed by atoms with Crippen molar-refractivity contribution >= 4 is 23.4 Å². The predicted molar refractivity (Wildman–Crippen MR) is 114 cm³/mol. The summed E-state index contributed by atoms with van der Waals surface area (Å²) in [5, 5.41) is 0. The molecule has 7 nitrogen and oxygen atoms in total. The molecule has 30 heavy (non-hydrogen) atoms. The Morgan fingerprint density at radius 2 is 1.93 bits per heavy atom. The lowest BCUT2D eigenvalue weighted by molar-refractivity contribution is -0.135. The second-order valence-corrected chi connectivity index (χ2v) is 8.35. The number of nitrogens with zero attached hydrogens (tertiary/aromatic N) is 3. The number of imide groups is 1. The summed E-state index contributed by atoms with van der Waals surface area (Å²) in [5.74, 6) is -0.372. The molecule has 0 saturated carbocycles. The molecule has 3 aliphatic heterocycles. The van der Waals surface area contributed by atoms with Crippen LogP contribution in [0.3, 0.4) is 0 Å². The van der Waals surface area contributed by atoms with Gasteiger partial charge in [0.1, 0.15) is 0 Å². The Morgan fingerprint density at radius 1 is 1.13 bits per heavy atom. The fraction of sp³-hybridized carbons (Fsp3) is 0.609. The minimum Gasteiger partial charge on any atom is -0.376 e. The van der Waals surface area contributed by atoms with Gasteiger partial charge in [0.15, 0.2) is 0 Å². The van der Waals surface area contributed by atoms with E-state index in [-0.39, 0.29) is 29.7 Å². The van der Waals surface area contributed by atoms with Gasteiger partial charge in [0.25, 0.3) is 11.8 Å². The molecule has 3 amide bonds. The van der Waals surface area contributed by atoms with Gasteiger partial charge in [0.2, 0.25) is 5.91 Å². The van der Waals surface area contributed by atoms with Crippen LogP contribution in [0.25, 0.3) is 0 Å². The van der Waals surface area contributed by atoms with Crippen LogP contribution in [0.2, 0.25) is 0 Å². The number of hydrogen-bond donors (Lipinski definition) is 0. The third kappa shape index (κ3) is 3.71. The van der Waals surface area contributed by atoms with Gasteiger partial charge in [0, 0.05) is 32.8 Å². The SMILES string of the molecule is CCN(CC)C(=O)C1CCCN(c2cccc3c2C(=O)N(CC2CCCO2)C3=O)C1. The highest BCUT2D eigenvalue weighted by Gasteiger charge is 2.41. The molecule has 162 valence electrons. The zero-order chi connectivity index (χ0) is 21.3. The van der Waals surface area contributed by atoms with Crippen molar-refractivity contribution < 1.29 is 19.1 Å². The number of amides is 3. The van der Waals surface area contributed by atoms with Crippen LogP contribution in [-0.4, -0.2) is 73.0 Å². The number of ether oxygens (including phenoxy) is 1. The van der Waals surface area contributed by atoms with Crippen LogP contribution in [0.5, 0.6) is 0 Å². The molecule has 1 aromatic carbocycles. The van der Waals surface area contributed by atoms with Crippen molar-refractivity contribution in [2.24, 2.45) is 5.92 Å². The topological polar surface area (TPSA) is 70.2 Å². The van der Waals surface area contributed by atoms with E-state index in [1.807, 2.05) is 30.9 Å². The van der Waals surface area contributed by atoms with Crippen LogP contribution in [0.15, 0.2) is 18.2 Å². The lowest BCUT2D eigenvalue weighted by atomic mass is 9.94. The van der Waals surface area contributed by atoms with Crippen molar-refractivity contribution in [2.45, 2.75) is 45.6 Å². The minimum absolute atomic E-state index is 0.0679. The molecule has 0 aromatic heterocycles. The Hall–Kier alpha value is -2.41. The molecule has 0 bridgehead atoms. The van der Waals surface area contributed by atoms with Gasteiger partial charge in [-0.1, -0.05) is 6.07 Å². The number of hydrogen-bond acceptors (Lipinski definition) is 5. The molecule has 1 aromatic rings. The van der Waals surface area contributed by atoms with Gasteiger partial charge >= 0.3 is 0 Å². The van der Waals surface area contributed by atoms with E-state index in [0.717, 1.165) is 37.9 Å². The summed E-state index contributed by atoms with van der Waals surface area (Å²) in [6, 6.07) is 5.48. The first-order chi connectivity index (χ1) is 14.5. The summed E-state index contributed by atoms with van der Waals surface area (Å²) in [6.07, 6.45) is 3.53. The van der Waals surface area contributed by atoms with E-state index in [2.05, 4.69) is 4.90 Å². The fourth-order valence-corrected chi connectivity index (χ4v) is 4.93. The third-order valence-electron chi connectivity index (χ3n) is 6.57. The molecule has 3 aliphatic rings. The van der Waals surface area contributed by atoms with Crippen LogP contribution in [-0.2, 0) is 9.53 Å². The monoisotopic (exact) mass is 413 g/mol. The fourth-order valence-electron chi connectivity index (χ4n) is 4.93. The summed E-state index contributed by atoms with van der Waals surface area (Å²) in [5.41, 5.74) is 1.72. The van der Waals surface area contributed by atoms with Gasteiger partial charge in [0.05, 0.1) is 35.4 Å². The number of anilines is 1. The van der Waals surface area contributed by atoms with Crippen LogP contribution in [0.4, 0.5) is 5.69 Å². The first-order valence-corrected chi connectivity index (χ1v) is 11.2. The highest BCUT2D eigenvalue weighted by Crippen LogP contribution is 2.35. The Kier molecular flexibility index (Phi) is 6.09. The van der Waals surface area contributed by atoms with Gasteiger partial charge in [-0.2, -0.15) is 0 Å². The zero-order valence-electron chi connectivity index (χ0n) is 17.9. The number of benzene rings is 1. The molecule has 7 heteroatoms. The predicted octanol–water partition coefficient (Wildman–Crippen LogP) is 2.55. The van der Waals surface area contributed by atoms with Crippen LogP contribution >= 0.6 is 0 Å². The quantitative estimate of drug-likeness (QED) is 0.671. The van der Waals surface area contributed by atoms with Crippen molar-refractivity contribution in [3.63, 3.8) is 0 Å². The van der Waals surface area contributed by atoms with E-state index in [1.165, 1.54) is 4.90 Å². The summed E-state index contributed by atoms with van der Waals surface area (Å²) in [7, 11) is 0. The Morgan fingerprint density at radius 3 is 2.63 bits per heavy atom. The molecule has 2 fully saturated rings. The highest BCUT2D eigenvalue weighted by atomic mass is 16.5. The molecule has 0 spiro atoms. The van der Waals surface area contributed by atoms with Crippen LogP contribution in [0.1, 0.15) is 60.2 Å². The molecule has 4 rings (SSSR count). The van der Waals surface area contributed by atoms with Gasteiger partial charge in [-0.3, -0.25) is 19.3 Å². The number of rotatable bonds is 6. The average Bonchev–Trinajstić information content (AvgIpc) is 3.37. The maximum absolute atomic E-state index is 13.2. The summed E-state index contributed by atoms with van der Waals surface area (Å²) in [6.45, 7) is 7.78. The largest absolute Gasteiger partial charge is 0.376 e. The van der Waals surface area contributed by atoms with Gasteiger partial charge in [-0.05, 0) is 51.7 Å². The number of piperidine rings is 1. The van der Waals surface area contributed by atoms with Crippen molar-refractivity contribution in [3.8, 4) is 0 Å². The van der Waals surface area contributed by atoms with Crippen molar-refractivity contribution in [2.75, 3.05) is 44.2 Å². The molecule has 3 heterocycles. The van der Waals surface area contributed by atoms with Crippen molar-refractivity contribution in [1.29, 1.82) is 0 Å². The molecule has 0 radical (unpaired) electrons. The lowest BCUT2D eigenvalue weighted by Gasteiger charge is -2.36. The van der Waals surface area contributed by atoms with Crippen LogP contribution < -0.4 is 4.90 Å². The molecule has 0 N–H and O–H groups in total. The normalized spacial score (nSPS) is 23.8. The van der Waals surface area contributed by atoms with E-state index in [1.54, 1.807) is 6.07 Å². The summed E-state index contributed by atoms with van der Waals surface area (Å²) in [4.78, 5) is 44.4. The maximum atomic E-state index is 13.2. The number of carbonyl (C=O) groups is 3. The van der Waals surface area contributed by atoms with Crippen molar-refractivity contribution in [1.82, 2.24) is 9.80 Å². The van der Waals surface area contributed by atoms with E-state index in [4.69, 9.17) is 4.74 Å². The van der Waals surface area contributed by atoms with E-state index in [9.17, 15) is 14.4 Å². The minimum atomic E-state index is -0.238. The smallest absolute Gasteiger partial charge is 0.263 e. The van der Waals surface area contributed by atoms with Crippen molar-refractivity contribution in [3.05, 3.63) is 29.3 Å². The van der Waals surface area contributed by atoms with Gasteiger partial charge < -0.3 is 14.5 Å². The van der Waals surface area contributed by atoms with E-state index >= 15 is 0 Å². The maximum Gasteiger partial charge on any atom is 0.263 e. The molecular weight excluding hydrogens is 382 g/mol. The van der Waals surface area contributed by atoms with Gasteiger partial charge in [-0.15, -0.1) is 0 Å². The Balaban J connectivity index is 1.56. The second kappa shape index (κ2) is 8.76. The van der Waals surface area contributed by atoms with E-state index in [0.29, 0.717) is 43.9 Å². The summed E-state index contributed by atoms with van der Waals surface area (Å²) >= 11 is 0. The summed E-state index contributed by atoms with van der Waals surface area (Å²) < 4.78 is 5.64. The molecule has 0 aliphatic carbocycles. The number of carbonyl (C=O) groups excluding carboxylic acids is 3. The molecule has 2 atom stereocenters. The van der Waals surface area contributed by atoms with Gasteiger partial charge in [-0.25, -0.2) is 0 Å². The molecule has 2 unspecified atom stereocenters. The highest BCUT2D eigenvalue weighted by molar-refractivity contribution is 6.23. The number of fused-ring (bicyclic) bond motifs is 1. The first-order valence-electron chi connectivity index (χ1n) is 11.2. The Labute approximate surface area is 177 Å². The van der Waals surface area contributed by atoms with Crippen LogP contribution in [0, 0.1) is 5.92 Å². The average molecular weight is 414 g/mol. The zero-order valence-corrected chi connectivity index (χ0v) is 17.9. The first kappa shape index (κ1) is 20.8. The standard InChI is InChI=1S/C23H31N3O4/c1-3-24(4-2)21(27)16-8-6-12-25(14-16)19-11-5-10-18-20(19)23(29)26(22(18)28)15-17-9-7-13-30-17/h5,10-11,16-17H,3-4,6-9,12-15H2,1-2H3. The molecule has 2 saturated heterocycles. The van der Waals surface area contributed by atoms with E-state index < -0.39 is 0 Å². The molecular formula is C23H31N3O4. The Bertz CT molecular complexity index is 830. The third-order valence-corrected chi connectivity index (χ3v) is 6.57. The lowest BCUT2D eigenvalue weighted by Crippen LogP contribution is -2.45.